The first-order chi connectivity index (χ1) is 14.8. The van der Waals surface area contributed by atoms with Crippen LogP contribution in [-0.2, 0) is 4.74 Å². The summed E-state index contributed by atoms with van der Waals surface area (Å²) >= 11 is 1.10. The van der Waals surface area contributed by atoms with Crippen molar-refractivity contribution >= 4 is 34.3 Å². The van der Waals surface area contributed by atoms with Crippen LogP contribution in [0.4, 0.5) is 14.9 Å². The Morgan fingerprint density at radius 3 is 2.52 bits per heavy atom. The Bertz CT molecular complexity index is 1170. The van der Waals surface area contributed by atoms with Crippen LogP contribution in [0.5, 0.6) is 5.75 Å². The third kappa shape index (κ3) is 5.15. The summed E-state index contributed by atoms with van der Waals surface area (Å²) in [6.45, 7) is 3.40. The Morgan fingerprint density at radius 1 is 1.23 bits per heavy atom. The van der Waals surface area contributed by atoms with Crippen molar-refractivity contribution in [3.63, 3.8) is 0 Å². The van der Waals surface area contributed by atoms with Crippen LogP contribution in [0.1, 0.15) is 17.0 Å². The Hall–Kier alpha value is -3.53. The van der Waals surface area contributed by atoms with Gasteiger partial charge in [0.15, 0.2) is 11.6 Å². The molecule has 0 aliphatic heterocycles. The third-order valence-corrected chi connectivity index (χ3v) is 4.78. The number of halogens is 1. The van der Waals surface area contributed by atoms with Gasteiger partial charge >= 0.3 is 6.09 Å². The highest BCUT2D eigenvalue weighted by atomic mass is 32.2. The molecule has 3 aromatic rings. The standard InChI is InChI=1S/C21H19FN4O4S/c1-11-9-15(17(22)16(27)10-11)18(20(31-4)25-21(28)29-3)24-14-7-5-13(6-8-14)19-23-12(2)30-26-19/h5-10,27H,1-4H3/b24-18+,25-20-. The van der Waals surface area contributed by atoms with E-state index in [2.05, 4.69) is 24.9 Å². The minimum Gasteiger partial charge on any atom is -0.505 e. The number of benzene rings is 2. The average Bonchev–Trinajstić information content (AvgIpc) is 3.19. The number of phenols is 1. The fourth-order valence-corrected chi connectivity index (χ4v) is 3.21. The summed E-state index contributed by atoms with van der Waals surface area (Å²) < 4.78 is 24.4. The second kappa shape index (κ2) is 9.52. The first-order valence-corrected chi connectivity index (χ1v) is 10.2. The number of amides is 1. The maximum atomic E-state index is 14.8. The van der Waals surface area contributed by atoms with E-state index in [1.807, 2.05) is 0 Å². The van der Waals surface area contributed by atoms with Gasteiger partial charge in [-0.25, -0.2) is 14.2 Å². The van der Waals surface area contributed by atoms with Crippen molar-refractivity contribution < 1.29 is 23.6 Å². The second-order valence-corrected chi connectivity index (χ2v) is 7.18. The van der Waals surface area contributed by atoms with E-state index in [0.717, 1.165) is 11.8 Å². The highest BCUT2D eigenvalue weighted by molar-refractivity contribution is 8.15. The van der Waals surface area contributed by atoms with Crippen molar-refractivity contribution in [2.24, 2.45) is 9.98 Å². The molecule has 0 atom stereocenters. The average molecular weight is 442 g/mol. The number of carbonyl (C=O) groups is 1. The van der Waals surface area contributed by atoms with Gasteiger partial charge in [-0.3, -0.25) is 0 Å². The predicted octanol–water partition coefficient (Wildman–Crippen LogP) is 4.85. The van der Waals surface area contributed by atoms with E-state index in [1.165, 1.54) is 19.2 Å². The number of aromatic hydroxyl groups is 1. The number of hydrogen-bond donors (Lipinski definition) is 1. The molecule has 8 nitrogen and oxygen atoms in total. The molecular formula is C21H19FN4O4S. The molecule has 160 valence electrons. The lowest BCUT2D eigenvalue weighted by atomic mass is 10.1. The van der Waals surface area contributed by atoms with Gasteiger partial charge in [0, 0.05) is 18.1 Å². The normalized spacial score (nSPS) is 12.2. The largest absolute Gasteiger partial charge is 0.505 e. The number of aryl methyl sites for hydroxylation is 2. The quantitative estimate of drug-likeness (QED) is 0.454. The first kappa shape index (κ1) is 22.2. The molecule has 0 unspecified atom stereocenters. The van der Waals surface area contributed by atoms with Crippen LogP contribution in [0.15, 0.2) is 50.9 Å². The second-order valence-electron chi connectivity index (χ2n) is 6.38. The van der Waals surface area contributed by atoms with Crippen molar-refractivity contribution in [1.29, 1.82) is 0 Å². The SMILES string of the molecule is COC(=O)/N=C(SC)/C(=N/c1ccc(-c2noc(C)n2)cc1)c1cc(C)cc(O)c1F. The van der Waals surface area contributed by atoms with Gasteiger partial charge in [0.25, 0.3) is 0 Å². The molecule has 1 amide bonds. The summed E-state index contributed by atoms with van der Waals surface area (Å²) in [5.41, 5.74) is 1.88. The summed E-state index contributed by atoms with van der Waals surface area (Å²) in [5.74, 6) is -0.517. The Kier molecular flexibility index (Phi) is 6.81. The van der Waals surface area contributed by atoms with Gasteiger partial charge in [-0.15, -0.1) is 11.8 Å². The van der Waals surface area contributed by atoms with Crippen LogP contribution in [0, 0.1) is 19.7 Å². The zero-order valence-electron chi connectivity index (χ0n) is 17.2. The van der Waals surface area contributed by atoms with Crippen LogP contribution in [0.3, 0.4) is 0 Å². The highest BCUT2D eigenvalue weighted by Gasteiger charge is 2.20. The number of rotatable bonds is 4. The molecule has 1 heterocycles. The van der Waals surface area contributed by atoms with Gasteiger partial charge in [0.1, 0.15) is 10.8 Å². The molecule has 1 aromatic heterocycles. The Balaban J connectivity index is 2.13. The lowest BCUT2D eigenvalue weighted by Crippen LogP contribution is -2.16. The molecule has 0 aliphatic rings. The number of carbonyl (C=O) groups excluding carboxylic acids is 1. The maximum Gasteiger partial charge on any atom is 0.434 e. The van der Waals surface area contributed by atoms with E-state index in [0.29, 0.717) is 28.5 Å². The van der Waals surface area contributed by atoms with Crippen LogP contribution in [-0.4, -0.2) is 45.5 Å². The molecule has 10 heteroatoms. The topological polar surface area (TPSA) is 110 Å². The van der Waals surface area contributed by atoms with Gasteiger partial charge in [-0.05, 0) is 55.1 Å². The van der Waals surface area contributed by atoms with Gasteiger partial charge in [0.2, 0.25) is 11.7 Å². The molecule has 3 rings (SSSR count). The first-order valence-electron chi connectivity index (χ1n) is 9.02. The van der Waals surface area contributed by atoms with Crippen molar-refractivity contribution in [1.82, 2.24) is 10.1 Å². The van der Waals surface area contributed by atoms with Crippen molar-refractivity contribution in [2.45, 2.75) is 13.8 Å². The lowest BCUT2D eigenvalue weighted by Gasteiger charge is -2.11. The lowest BCUT2D eigenvalue weighted by molar-refractivity contribution is 0.183. The molecule has 0 fully saturated rings. The number of ether oxygens (including phenoxy) is 1. The van der Waals surface area contributed by atoms with Gasteiger partial charge in [0.05, 0.1) is 12.8 Å². The van der Waals surface area contributed by atoms with Crippen molar-refractivity contribution in [3.8, 4) is 17.1 Å². The molecule has 0 saturated carbocycles. The molecule has 31 heavy (non-hydrogen) atoms. The highest BCUT2D eigenvalue weighted by Crippen LogP contribution is 2.27. The monoisotopic (exact) mass is 442 g/mol. The summed E-state index contributed by atoms with van der Waals surface area (Å²) in [4.78, 5) is 24.3. The van der Waals surface area contributed by atoms with E-state index >= 15 is 0 Å². The minimum atomic E-state index is -0.866. The van der Waals surface area contributed by atoms with Gasteiger partial charge < -0.3 is 14.4 Å². The number of thioether (sulfide) groups is 1. The van der Waals surface area contributed by atoms with Gasteiger partial charge in [-0.2, -0.15) is 9.98 Å². The maximum absolute atomic E-state index is 14.8. The van der Waals surface area contributed by atoms with Crippen LogP contribution < -0.4 is 0 Å². The predicted molar refractivity (Wildman–Crippen MR) is 117 cm³/mol. The van der Waals surface area contributed by atoms with E-state index < -0.39 is 17.7 Å². The van der Waals surface area contributed by atoms with Gasteiger partial charge in [-0.1, -0.05) is 5.16 Å². The summed E-state index contributed by atoms with van der Waals surface area (Å²) in [6, 6.07) is 9.67. The Labute approximate surface area is 181 Å². The fraction of sp³-hybridized carbons (Fsp3) is 0.190. The van der Waals surface area contributed by atoms with Crippen LogP contribution >= 0.6 is 11.8 Å². The molecule has 1 N–H and O–H groups in total. The minimum absolute atomic E-state index is 0.00683. The number of hydrogen-bond acceptors (Lipinski definition) is 8. The summed E-state index contributed by atoms with van der Waals surface area (Å²) in [7, 11) is 1.19. The van der Waals surface area contributed by atoms with Crippen LogP contribution in [0.2, 0.25) is 0 Å². The van der Waals surface area contributed by atoms with E-state index in [9.17, 15) is 14.3 Å². The molecule has 0 bridgehead atoms. The van der Waals surface area contributed by atoms with Crippen LogP contribution in [0.25, 0.3) is 11.4 Å². The molecular weight excluding hydrogens is 423 g/mol. The smallest absolute Gasteiger partial charge is 0.434 e. The molecule has 0 spiro atoms. The number of aromatic nitrogens is 2. The Morgan fingerprint density at radius 2 is 1.94 bits per heavy atom. The number of aliphatic imine (C=N–C) groups is 2. The zero-order valence-corrected chi connectivity index (χ0v) is 18.0. The molecule has 0 saturated heterocycles. The van der Waals surface area contributed by atoms with E-state index in [1.54, 1.807) is 44.4 Å². The zero-order chi connectivity index (χ0) is 22.5. The van der Waals surface area contributed by atoms with E-state index in [-0.39, 0.29) is 16.3 Å². The summed E-state index contributed by atoms with van der Waals surface area (Å²) in [5, 5.41) is 14.0. The van der Waals surface area contributed by atoms with Crippen molar-refractivity contribution in [3.05, 3.63) is 59.2 Å². The molecule has 0 radical (unpaired) electrons. The third-order valence-electron chi connectivity index (χ3n) is 4.11. The van der Waals surface area contributed by atoms with Crippen molar-refractivity contribution in [2.75, 3.05) is 13.4 Å². The number of methoxy groups -OCH3 is 1. The molecule has 0 aliphatic carbocycles. The molecule has 2 aromatic carbocycles. The number of nitrogens with zero attached hydrogens (tertiary/aromatic N) is 4. The summed E-state index contributed by atoms with van der Waals surface area (Å²) in [6.07, 6.45) is 0.823. The fourth-order valence-electron chi connectivity index (χ4n) is 2.70. The number of phenolic OH excluding ortho intramolecular Hbond substituents is 1. The van der Waals surface area contributed by atoms with E-state index in [4.69, 9.17) is 4.52 Å².